The van der Waals surface area contributed by atoms with Gasteiger partial charge in [0.1, 0.15) is 11.7 Å². The molecule has 0 radical (unpaired) electrons. The molecule has 0 saturated carbocycles. The zero-order valence-electron chi connectivity index (χ0n) is 10.6. The average Bonchev–Trinajstić information content (AvgIpc) is 2.16. The van der Waals surface area contributed by atoms with Gasteiger partial charge in [-0.1, -0.05) is 25.3 Å². The predicted molar refractivity (Wildman–Crippen MR) is 72.2 cm³/mol. The molecular formula is C13H21N3. The van der Waals surface area contributed by atoms with Crippen LogP contribution >= 0.6 is 0 Å². The highest BCUT2D eigenvalue weighted by atomic mass is 15.1. The van der Waals surface area contributed by atoms with E-state index in [4.69, 9.17) is 0 Å². The highest BCUT2D eigenvalue weighted by Gasteiger charge is 1.93. The van der Waals surface area contributed by atoms with E-state index in [0.717, 1.165) is 17.1 Å². The van der Waals surface area contributed by atoms with Gasteiger partial charge >= 0.3 is 0 Å². The van der Waals surface area contributed by atoms with Gasteiger partial charge in [-0.25, -0.2) is 4.99 Å². The summed E-state index contributed by atoms with van der Waals surface area (Å²) in [5.41, 5.74) is 1.95. The molecule has 0 aliphatic carbocycles. The van der Waals surface area contributed by atoms with E-state index in [9.17, 15) is 0 Å². The second-order valence-corrected chi connectivity index (χ2v) is 3.42. The number of nitrogens with zero attached hydrogens (tertiary/aromatic N) is 1. The normalized spacial score (nSPS) is 12.8. The van der Waals surface area contributed by atoms with Gasteiger partial charge in [0.2, 0.25) is 0 Å². The Morgan fingerprint density at radius 2 is 1.88 bits per heavy atom. The van der Waals surface area contributed by atoms with Crippen molar-refractivity contribution < 1.29 is 0 Å². The smallest absolute Gasteiger partial charge is 0.120 e. The SMILES string of the molecule is C=C(/C=C\C)/C=C(\C)N/C(C)=N/C(=C)NC. The van der Waals surface area contributed by atoms with Gasteiger partial charge in [0.05, 0.1) is 0 Å². The topological polar surface area (TPSA) is 36.4 Å². The predicted octanol–water partition coefficient (Wildman–Crippen LogP) is 2.72. The average molecular weight is 219 g/mol. The number of hydrogen-bond donors (Lipinski definition) is 2. The largest absolute Gasteiger partial charge is 0.374 e. The summed E-state index contributed by atoms with van der Waals surface area (Å²) >= 11 is 0. The summed E-state index contributed by atoms with van der Waals surface area (Å²) in [5, 5.41) is 6.01. The van der Waals surface area contributed by atoms with Crippen molar-refractivity contribution in [2.24, 2.45) is 4.99 Å². The molecule has 0 unspecified atom stereocenters. The Kier molecular flexibility index (Phi) is 6.68. The maximum absolute atomic E-state index is 4.20. The molecular weight excluding hydrogens is 198 g/mol. The highest BCUT2D eigenvalue weighted by Crippen LogP contribution is 1.99. The van der Waals surface area contributed by atoms with Crippen LogP contribution < -0.4 is 10.6 Å². The van der Waals surface area contributed by atoms with E-state index in [0.29, 0.717) is 5.82 Å². The molecule has 0 aromatic rings. The van der Waals surface area contributed by atoms with Crippen LogP contribution in [0.5, 0.6) is 0 Å². The summed E-state index contributed by atoms with van der Waals surface area (Å²) < 4.78 is 0. The molecule has 0 amide bonds. The third-order valence-corrected chi connectivity index (χ3v) is 1.75. The molecule has 3 heteroatoms. The number of rotatable bonds is 5. The molecule has 0 aliphatic heterocycles. The van der Waals surface area contributed by atoms with Crippen molar-refractivity contribution in [3.63, 3.8) is 0 Å². The summed E-state index contributed by atoms with van der Waals surface area (Å²) in [5.74, 6) is 1.42. The Balaban J connectivity index is 4.45. The van der Waals surface area contributed by atoms with Crippen molar-refractivity contribution in [3.05, 3.63) is 48.5 Å². The fourth-order valence-electron chi connectivity index (χ4n) is 1.15. The minimum Gasteiger partial charge on any atom is -0.374 e. The monoisotopic (exact) mass is 219 g/mol. The lowest BCUT2D eigenvalue weighted by molar-refractivity contribution is 0.959. The third-order valence-electron chi connectivity index (χ3n) is 1.75. The molecule has 0 rings (SSSR count). The molecule has 0 aromatic carbocycles. The van der Waals surface area contributed by atoms with Crippen molar-refractivity contribution in [2.45, 2.75) is 20.8 Å². The molecule has 0 heterocycles. The van der Waals surface area contributed by atoms with E-state index in [1.807, 2.05) is 39.0 Å². The van der Waals surface area contributed by atoms with E-state index < -0.39 is 0 Å². The van der Waals surface area contributed by atoms with Crippen LogP contribution in [0.2, 0.25) is 0 Å². The van der Waals surface area contributed by atoms with Crippen molar-refractivity contribution in [1.29, 1.82) is 0 Å². The Morgan fingerprint density at radius 1 is 1.25 bits per heavy atom. The first-order valence-electron chi connectivity index (χ1n) is 5.18. The molecule has 0 atom stereocenters. The highest BCUT2D eigenvalue weighted by molar-refractivity contribution is 5.82. The molecule has 0 aromatic heterocycles. The summed E-state index contributed by atoms with van der Waals surface area (Å²) in [6.45, 7) is 13.4. The van der Waals surface area contributed by atoms with Gasteiger partial charge in [0.25, 0.3) is 0 Å². The molecule has 16 heavy (non-hydrogen) atoms. The standard InChI is InChI=1S/C13H21N3/c1-7-8-10(2)9-11(3)15-13(5)16-12(4)14-6/h7-9,14H,2,4H2,1,3,5-6H3,(H,15,16)/b8-7-,11-9+. The summed E-state index contributed by atoms with van der Waals surface area (Å²) in [7, 11) is 1.79. The quantitative estimate of drug-likeness (QED) is 0.424. The molecule has 88 valence electrons. The molecule has 0 fully saturated rings. The number of aliphatic imine (C=N–C) groups is 1. The van der Waals surface area contributed by atoms with Crippen LogP contribution in [0.3, 0.4) is 0 Å². The van der Waals surface area contributed by atoms with Crippen LogP contribution in [0.15, 0.2) is 53.5 Å². The van der Waals surface area contributed by atoms with Crippen LogP contribution in [0, 0.1) is 0 Å². The lowest BCUT2D eigenvalue weighted by atomic mass is 10.2. The van der Waals surface area contributed by atoms with E-state index in [1.54, 1.807) is 7.05 Å². The van der Waals surface area contributed by atoms with E-state index in [-0.39, 0.29) is 0 Å². The third kappa shape index (κ3) is 6.65. The minimum absolute atomic E-state index is 0.630. The van der Waals surface area contributed by atoms with Crippen LogP contribution in [-0.4, -0.2) is 12.9 Å². The van der Waals surface area contributed by atoms with Gasteiger partial charge < -0.3 is 10.6 Å². The van der Waals surface area contributed by atoms with Crippen molar-refractivity contribution in [3.8, 4) is 0 Å². The Hall–Kier alpha value is -1.77. The fraction of sp³-hybridized carbons (Fsp3) is 0.308. The van der Waals surface area contributed by atoms with E-state index in [2.05, 4.69) is 28.8 Å². The van der Waals surface area contributed by atoms with Gasteiger partial charge in [-0.2, -0.15) is 0 Å². The second kappa shape index (κ2) is 7.51. The Bertz CT molecular complexity index is 346. The van der Waals surface area contributed by atoms with E-state index >= 15 is 0 Å². The molecule has 2 N–H and O–H groups in total. The molecule has 0 aliphatic rings. The number of nitrogens with one attached hydrogen (secondary N) is 2. The van der Waals surface area contributed by atoms with Crippen LogP contribution in [0.1, 0.15) is 20.8 Å². The minimum atomic E-state index is 0.630. The summed E-state index contributed by atoms with van der Waals surface area (Å²) in [4.78, 5) is 4.20. The van der Waals surface area contributed by atoms with Crippen molar-refractivity contribution >= 4 is 5.84 Å². The number of amidine groups is 1. The van der Waals surface area contributed by atoms with Gasteiger partial charge in [0, 0.05) is 12.7 Å². The first-order valence-corrected chi connectivity index (χ1v) is 5.18. The number of allylic oxidation sites excluding steroid dienone is 5. The zero-order chi connectivity index (χ0) is 12.6. The lowest BCUT2D eigenvalue weighted by Gasteiger charge is -2.07. The van der Waals surface area contributed by atoms with Gasteiger partial charge in [-0.3, -0.25) is 0 Å². The van der Waals surface area contributed by atoms with Crippen LogP contribution in [0.4, 0.5) is 0 Å². The number of hydrogen-bond acceptors (Lipinski definition) is 2. The van der Waals surface area contributed by atoms with Crippen LogP contribution in [-0.2, 0) is 0 Å². The lowest BCUT2D eigenvalue weighted by Crippen LogP contribution is -2.19. The molecule has 0 saturated heterocycles. The summed E-state index contributed by atoms with van der Waals surface area (Å²) in [6, 6.07) is 0. The van der Waals surface area contributed by atoms with Crippen molar-refractivity contribution in [2.75, 3.05) is 7.05 Å². The first kappa shape index (κ1) is 14.2. The van der Waals surface area contributed by atoms with Gasteiger partial charge in [-0.15, -0.1) is 0 Å². The van der Waals surface area contributed by atoms with Gasteiger partial charge in [0.15, 0.2) is 0 Å². The Labute approximate surface area is 98.4 Å². The first-order chi connectivity index (χ1) is 7.49. The maximum Gasteiger partial charge on any atom is 0.120 e. The molecule has 3 nitrogen and oxygen atoms in total. The Morgan fingerprint density at radius 3 is 2.38 bits per heavy atom. The van der Waals surface area contributed by atoms with Gasteiger partial charge in [-0.05, 0) is 32.4 Å². The second-order valence-electron chi connectivity index (χ2n) is 3.42. The van der Waals surface area contributed by atoms with Crippen molar-refractivity contribution in [1.82, 2.24) is 10.6 Å². The fourth-order valence-corrected chi connectivity index (χ4v) is 1.15. The molecule has 0 bridgehead atoms. The maximum atomic E-state index is 4.20. The van der Waals surface area contributed by atoms with Crippen LogP contribution in [0.25, 0.3) is 0 Å². The zero-order valence-corrected chi connectivity index (χ0v) is 10.6. The molecule has 0 spiro atoms. The summed E-state index contributed by atoms with van der Waals surface area (Å²) in [6.07, 6.45) is 5.86. The van der Waals surface area contributed by atoms with E-state index in [1.165, 1.54) is 0 Å².